The number of benzene rings is 2. The zero-order valence-corrected chi connectivity index (χ0v) is 22.6. The molecule has 0 radical (unpaired) electrons. The van der Waals surface area contributed by atoms with Crippen molar-refractivity contribution < 1.29 is 27.1 Å². The summed E-state index contributed by atoms with van der Waals surface area (Å²) in [5.41, 5.74) is 0.373. The normalized spacial score (nSPS) is 12.5. The summed E-state index contributed by atoms with van der Waals surface area (Å²) in [7, 11) is -3.84. The molecule has 0 saturated heterocycles. The first kappa shape index (κ1) is 29.1. The van der Waals surface area contributed by atoms with Gasteiger partial charge in [0, 0.05) is 12.1 Å². The minimum Gasteiger partial charge on any atom is -0.494 e. The van der Waals surface area contributed by atoms with E-state index < -0.39 is 39.9 Å². The molecule has 0 bridgehead atoms. The molecule has 1 atom stereocenters. The number of rotatable bonds is 11. The number of ether oxygens (including phenoxy) is 1. The first-order chi connectivity index (χ1) is 16.7. The number of carbonyl (C=O) groups excluding carboxylic acids is 2. The standard InChI is InChI=1S/C26H36FN3O5S/c1-7-23(25(32)28-26(3,4)5)29(17-19-9-11-20(27)12-10-19)24(31)18-30(36(6,33)34)21-13-15-22(16-14-21)35-8-2/h9-16,23H,7-8,17-18H2,1-6H3,(H,28,32)/t23-/m1/s1. The molecule has 198 valence electrons. The van der Waals surface area contributed by atoms with Crippen LogP contribution in [0.1, 0.15) is 46.6 Å². The topological polar surface area (TPSA) is 96.0 Å². The van der Waals surface area contributed by atoms with E-state index in [1.165, 1.54) is 29.2 Å². The van der Waals surface area contributed by atoms with Gasteiger partial charge in [-0.3, -0.25) is 13.9 Å². The van der Waals surface area contributed by atoms with E-state index in [0.29, 0.717) is 30.0 Å². The van der Waals surface area contributed by atoms with Gasteiger partial charge in [-0.05, 0) is 76.1 Å². The summed E-state index contributed by atoms with van der Waals surface area (Å²) >= 11 is 0. The van der Waals surface area contributed by atoms with Crippen LogP contribution in [0, 0.1) is 5.82 Å². The van der Waals surface area contributed by atoms with E-state index >= 15 is 0 Å². The van der Waals surface area contributed by atoms with Gasteiger partial charge in [0.25, 0.3) is 0 Å². The molecule has 0 heterocycles. The van der Waals surface area contributed by atoms with Crippen LogP contribution in [0.4, 0.5) is 10.1 Å². The molecule has 0 spiro atoms. The first-order valence-corrected chi connectivity index (χ1v) is 13.7. The third-order valence-corrected chi connectivity index (χ3v) is 6.41. The van der Waals surface area contributed by atoms with Gasteiger partial charge in [-0.25, -0.2) is 12.8 Å². The summed E-state index contributed by atoms with van der Waals surface area (Å²) < 4.78 is 45.2. The molecule has 2 aromatic carbocycles. The number of halogens is 1. The van der Waals surface area contributed by atoms with E-state index in [1.807, 2.05) is 27.7 Å². The predicted octanol–water partition coefficient (Wildman–Crippen LogP) is 3.71. The second-order valence-corrected chi connectivity index (χ2v) is 11.4. The lowest BCUT2D eigenvalue weighted by Crippen LogP contribution is -2.55. The number of sulfonamides is 1. The van der Waals surface area contributed by atoms with Crippen LogP contribution in [0.5, 0.6) is 5.75 Å². The van der Waals surface area contributed by atoms with Gasteiger partial charge in [-0.2, -0.15) is 0 Å². The fourth-order valence-electron chi connectivity index (χ4n) is 3.65. The quantitative estimate of drug-likeness (QED) is 0.486. The van der Waals surface area contributed by atoms with Crippen LogP contribution in [0.3, 0.4) is 0 Å². The lowest BCUT2D eigenvalue weighted by Gasteiger charge is -2.34. The number of carbonyl (C=O) groups is 2. The van der Waals surface area contributed by atoms with Crippen molar-refractivity contribution in [3.8, 4) is 5.75 Å². The van der Waals surface area contributed by atoms with Crippen molar-refractivity contribution in [3.05, 3.63) is 59.9 Å². The number of hydrogen-bond donors (Lipinski definition) is 1. The second-order valence-electron chi connectivity index (χ2n) is 9.51. The number of hydrogen-bond acceptors (Lipinski definition) is 5. The van der Waals surface area contributed by atoms with Crippen molar-refractivity contribution in [1.82, 2.24) is 10.2 Å². The molecule has 36 heavy (non-hydrogen) atoms. The molecule has 0 saturated carbocycles. The van der Waals surface area contributed by atoms with Crippen LogP contribution in [0.2, 0.25) is 0 Å². The second kappa shape index (κ2) is 12.2. The fraction of sp³-hybridized carbons (Fsp3) is 0.462. The van der Waals surface area contributed by atoms with E-state index in [2.05, 4.69) is 5.32 Å². The van der Waals surface area contributed by atoms with Crippen LogP contribution < -0.4 is 14.4 Å². The number of amides is 2. The minimum atomic E-state index is -3.84. The van der Waals surface area contributed by atoms with Gasteiger partial charge < -0.3 is 15.0 Å². The van der Waals surface area contributed by atoms with E-state index in [1.54, 1.807) is 31.2 Å². The van der Waals surface area contributed by atoms with Crippen molar-refractivity contribution >= 4 is 27.5 Å². The Morgan fingerprint density at radius 2 is 1.61 bits per heavy atom. The van der Waals surface area contributed by atoms with Crippen molar-refractivity contribution in [2.24, 2.45) is 0 Å². The van der Waals surface area contributed by atoms with Crippen LogP contribution >= 0.6 is 0 Å². The van der Waals surface area contributed by atoms with E-state index in [0.717, 1.165) is 10.6 Å². The first-order valence-electron chi connectivity index (χ1n) is 11.8. The summed E-state index contributed by atoms with van der Waals surface area (Å²) in [6.45, 7) is 9.08. The third-order valence-electron chi connectivity index (χ3n) is 5.27. The average molecular weight is 522 g/mol. The Balaban J connectivity index is 2.42. The number of nitrogens with one attached hydrogen (secondary N) is 1. The summed E-state index contributed by atoms with van der Waals surface area (Å²) in [6, 6.07) is 11.1. The average Bonchev–Trinajstić information content (AvgIpc) is 2.77. The molecule has 0 aliphatic carbocycles. The molecule has 0 unspecified atom stereocenters. The number of nitrogens with zero attached hydrogens (tertiary/aromatic N) is 2. The van der Waals surface area contributed by atoms with Gasteiger partial charge >= 0.3 is 0 Å². The molecule has 10 heteroatoms. The summed E-state index contributed by atoms with van der Waals surface area (Å²) in [5.74, 6) is -0.765. The molecular formula is C26H36FN3O5S. The van der Waals surface area contributed by atoms with E-state index in [-0.39, 0.29) is 12.5 Å². The SMILES string of the molecule is CCOc1ccc(N(CC(=O)N(Cc2ccc(F)cc2)[C@H](CC)C(=O)NC(C)(C)C)S(C)(=O)=O)cc1. The molecule has 0 aliphatic rings. The Labute approximate surface area is 213 Å². The molecule has 8 nitrogen and oxygen atoms in total. The monoisotopic (exact) mass is 521 g/mol. The largest absolute Gasteiger partial charge is 0.494 e. The van der Waals surface area contributed by atoms with Crippen LogP contribution in [0.25, 0.3) is 0 Å². The van der Waals surface area contributed by atoms with Crippen molar-refractivity contribution in [2.45, 2.75) is 59.2 Å². The molecule has 2 rings (SSSR count). The Bertz CT molecular complexity index is 1130. The molecular weight excluding hydrogens is 485 g/mol. The summed E-state index contributed by atoms with van der Waals surface area (Å²) in [6.07, 6.45) is 1.32. The highest BCUT2D eigenvalue weighted by Gasteiger charge is 2.33. The molecule has 2 amide bonds. The summed E-state index contributed by atoms with van der Waals surface area (Å²) in [5, 5.41) is 2.90. The minimum absolute atomic E-state index is 0.00998. The van der Waals surface area contributed by atoms with Gasteiger partial charge in [-0.15, -0.1) is 0 Å². The summed E-state index contributed by atoms with van der Waals surface area (Å²) in [4.78, 5) is 28.1. The van der Waals surface area contributed by atoms with Gasteiger partial charge in [0.15, 0.2) is 0 Å². The molecule has 1 N–H and O–H groups in total. The van der Waals surface area contributed by atoms with Crippen molar-refractivity contribution in [1.29, 1.82) is 0 Å². The zero-order valence-electron chi connectivity index (χ0n) is 21.7. The van der Waals surface area contributed by atoms with Crippen LogP contribution in [0.15, 0.2) is 48.5 Å². The molecule has 0 fully saturated rings. The molecule has 2 aromatic rings. The van der Waals surface area contributed by atoms with Crippen LogP contribution in [-0.2, 0) is 26.2 Å². The lowest BCUT2D eigenvalue weighted by molar-refractivity contribution is -0.141. The highest BCUT2D eigenvalue weighted by atomic mass is 32.2. The van der Waals surface area contributed by atoms with Crippen molar-refractivity contribution in [2.75, 3.05) is 23.7 Å². The maximum atomic E-state index is 13.6. The third kappa shape index (κ3) is 8.51. The molecule has 0 aromatic heterocycles. The predicted molar refractivity (Wildman–Crippen MR) is 139 cm³/mol. The van der Waals surface area contributed by atoms with E-state index in [9.17, 15) is 22.4 Å². The Morgan fingerprint density at radius 1 is 1.03 bits per heavy atom. The zero-order chi connectivity index (χ0) is 27.1. The highest BCUT2D eigenvalue weighted by Crippen LogP contribution is 2.23. The maximum Gasteiger partial charge on any atom is 0.244 e. The molecule has 0 aliphatic heterocycles. The van der Waals surface area contributed by atoms with Crippen molar-refractivity contribution in [3.63, 3.8) is 0 Å². The van der Waals surface area contributed by atoms with Gasteiger partial charge in [0.2, 0.25) is 21.8 Å². The lowest BCUT2D eigenvalue weighted by atomic mass is 10.1. The Kier molecular flexibility index (Phi) is 9.86. The number of anilines is 1. The Morgan fingerprint density at radius 3 is 2.08 bits per heavy atom. The van der Waals surface area contributed by atoms with Crippen LogP contribution in [-0.4, -0.2) is 56.1 Å². The smallest absolute Gasteiger partial charge is 0.244 e. The van der Waals surface area contributed by atoms with Gasteiger partial charge in [0.1, 0.15) is 24.2 Å². The van der Waals surface area contributed by atoms with E-state index in [4.69, 9.17) is 4.74 Å². The van der Waals surface area contributed by atoms with Gasteiger partial charge in [-0.1, -0.05) is 19.1 Å². The Hall–Kier alpha value is -3.14. The maximum absolute atomic E-state index is 13.6. The fourth-order valence-corrected chi connectivity index (χ4v) is 4.50. The highest BCUT2D eigenvalue weighted by molar-refractivity contribution is 7.92. The van der Waals surface area contributed by atoms with Gasteiger partial charge in [0.05, 0.1) is 18.6 Å².